The van der Waals surface area contributed by atoms with Gasteiger partial charge < -0.3 is 10.6 Å². The van der Waals surface area contributed by atoms with E-state index >= 15 is 0 Å². The first-order chi connectivity index (χ1) is 9.58. The van der Waals surface area contributed by atoms with E-state index in [0.29, 0.717) is 11.6 Å². The Morgan fingerprint density at radius 1 is 1.35 bits per heavy atom. The van der Waals surface area contributed by atoms with Crippen LogP contribution in [0.3, 0.4) is 0 Å². The Morgan fingerprint density at radius 2 is 2.00 bits per heavy atom. The minimum absolute atomic E-state index is 0.138. The number of rotatable bonds is 5. The number of hydrogen-bond acceptors (Lipinski definition) is 3. The normalized spacial score (nSPS) is 15.0. The molecular weight excluding hydrogens is 254 g/mol. The van der Waals surface area contributed by atoms with Crippen LogP contribution in [-0.4, -0.2) is 23.9 Å². The van der Waals surface area contributed by atoms with Crippen molar-refractivity contribution in [3.63, 3.8) is 0 Å². The van der Waals surface area contributed by atoms with Crippen LogP contribution >= 0.6 is 0 Å². The lowest BCUT2D eigenvalue weighted by molar-refractivity contribution is -0.128. The molecule has 1 fully saturated rings. The third-order valence-corrected chi connectivity index (χ3v) is 3.14. The summed E-state index contributed by atoms with van der Waals surface area (Å²) < 4.78 is 0. The highest BCUT2D eigenvalue weighted by Gasteiger charge is 2.26. The van der Waals surface area contributed by atoms with Crippen LogP contribution in [0.15, 0.2) is 24.3 Å². The van der Waals surface area contributed by atoms with E-state index in [9.17, 15) is 9.59 Å². The van der Waals surface area contributed by atoms with E-state index in [1.807, 2.05) is 6.07 Å². The molecule has 1 unspecified atom stereocenters. The molecule has 1 aliphatic carbocycles. The monoisotopic (exact) mass is 271 g/mol. The molecule has 0 aliphatic heterocycles. The van der Waals surface area contributed by atoms with E-state index in [0.717, 1.165) is 18.4 Å². The molecule has 1 aromatic rings. The molecule has 0 aromatic heterocycles. The van der Waals surface area contributed by atoms with Crippen LogP contribution in [-0.2, 0) is 16.0 Å². The molecule has 2 amide bonds. The Bertz CT molecular complexity index is 541. The van der Waals surface area contributed by atoms with Gasteiger partial charge in [-0.3, -0.25) is 9.59 Å². The number of nitrogens with zero attached hydrogens (tertiary/aromatic N) is 1. The zero-order chi connectivity index (χ0) is 14.5. The van der Waals surface area contributed by atoms with E-state index in [4.69, 9.17) is 5.26 Å². The Kier molecular flexibility index (Phi) is 4.36. The molecule has 104 valence electrons. The first-order valence-corrected chi connectivity index (χ1v) is 6.67. The molecule has 0 spiro atoms. The third kappa shape index (κ3) is 4.09. The van der Waals surface area contributed by atoms with Crippen molar-refractivity contribution in [1.29, 1.82) is 5.26 Å². The standard InChI is InChI=1S/C15H17N3O2/c1-10(15(20)18-13-6-7-13)17-14(19)8-11-2-4-12(9-16)5-3-11/h2-5,10,13H,6-8H2,1H3,(H,17,19)(H,18,20). The van der Waals surface area contributed by atoms with Gasteiger partial charge in [0.1, 0.15) is 6.04 Å². The van der Waals surface area contributed by atoms with Gasteiger partial charge >= 0.3 is 0 Å². The molecule has 5 heteroatoms. The van der Waals surface area contributed by atoms with Gasteiger partial charge in [0.25, 0.3) is 0 Å². The van der Waals surface area contributed by atoms with E-state index in [2.05, 4.69) is 10.6 Å². The molecule has 0 bridgehead atoms. The van der Waals surface area contributed by atoms with Gasteiger partial charge in [-0.25, -0.2) is 0 Å². The summed E-state index contributed by atoms with van der Waals surface area (Å²) in [5, 5.41) is 14.2. The fourth-order valence-electron chi connectivity index (χ4n) is 1.79. The van der Waals surface area contributed by atoms with Crippen LogP contribution in [0.25, 0.3) is 0 Å². The maximum Gasteiger partial charge on any atom is 0.242 e. The van der Waals surface area contributed by atoms with Gasteiger partial charge in [-0.1, -0.05) is 12.1 Å². The highest BCUT2D eigenvalue weighted by molar-refractivity contribution is 5.88. The Balaban J connectivity index is 1.81. The summed E-state index contributed by atoms with van der Waals surface area (Å²) in [6.07, 6.45) is 2.25. The number of nitriles is 1. The molecule has 5 nitrogen and oxygen atoms in total. The largest absolute Gasteiger partial charge is 0.352 e. The third-order valence-electron chi connectivity index (χ3n) is 3.14. The van der Waals surface area contributed by atoms with Gasteiger partial charge in [-0.05, 0) is 37.5 Å². The maximum absolute atomic E-state index is 11.8. The predicted molar refractivity (Wildman–Crippen MR) is 73.6 cm³/mol. The van der Waals surface area contributed by atoms with Gasteiger partial charge in [-0.2, -0.15) is 5.26 Å². The molecule has 1 saturated carbocycles. The lowest BCUT2D eigenvalue weighted by Gasteiger charge is -2.13. The van der Waals surface area contributed by atoms with Crippen molar-refractivity contribution >= 4 is 11.8 Å². The van der Waals surface area contributed by atoms with Crippen molar-refractivity contribution in [3.05, 3.63) is 35.4 Å². The molecule has 20 heavy (non-hydrogen) atoms. The van der Waals surface area contributed by atoms with Crippen molar-refractivity contribution in [2.45, 2.75) is 38.3 Å². The average Bonchev–Trinajstić information content (AvgIpc) is 3.23. The molecule has 1 atom stereocenters. The lowest BCUT2D eigenvalue weighted by Crippen LogP contribution is -2.45. The van der Waals surface area contributed by atoms with Crippen LogP contribution in [0.2, 0.25) is 0 Å². The maximum atomic E-state index is 11.8. The van der Waals surface area contributed by atoms with Crippen LogP contribution < -0.4 is 10.6 Å². The zero-order valence-corrected chi connectivity index (χ0v) is 11.3. The summed E-state index contributed by atoms with van der Waals surface area (Å²) in [6, 6.07) is 8.62. The van der Waals surface area contributed by atoms with Crippen molar-refractivity contribution in [2.75, 3.05) is 0 Å². The van der Waals surface area contributed by atoms with Gasteiger partial charge in [0, 0.05) is 6.04 Å². The second-order valence-corrected chi connectivity index (χ2v) is 5.06. The quantitative estimate of drug-likeness (QED) is 0.834. The number of benzene rings is 1. The zero-order valence-electron chi connectivity index (χ0n) is 11.3. The highest BCUT2D eigenvalue weighted by atomic mass is 16.2. The second-order valence-electron chi connectivity index (χ2n) is 5.06. The second kappa shape index (κ2) is 6.20. The average molecular weight is 271 g/mol. The van der Waals surface area contributed by atoms with E-state index < -0.39 is 6.04 Å². The van der Waals surface area contributed by atoms with Gasteiger partial charge in [0.15, 0.2) is 0 Å². The smallest absolute Gasteiger partial charge is 0.242 e. The van der Waals surface area contributed by atoms with Crippen molar-refractivity contribution in [1.82, 2.24) is 10.6 Å². The number of nitrogens with one attached hydrogen (secondary N) is 2. The van der Waals surface area contributed by atoms with Crippen LogP contribution in [0.1, 0.15) is 30.9 Å². The molecule has 1 aromatic carbocycles. The number of carbonyl (C=O) groups excluding carboxylic acids is 2. The summed E-state index contributed by atoms with van der Waals surface area (Å²) in [6.45, 7) is 1.67. The van der Waals surface area contributed by atoms with Gasteiger partial charge in [0.05, 0.1) is 18.1 Å². The summed E-state index contributed by atoms with van der Waals surface area (Å²) in [7, 11) is 0. The van der Waals surface area contributed by atoms with Crippen LogP contribution in [0.5, 0.6) is 0 Å². The van der Waals surface area contributed by atoms with E-state index in [-0.39, 0.29) is 18.2 Å². The van der Waals surface area contributed by atoms with Crippen molar-refractivity contribution in [3.8, 4) is 6.07 Å². The molecule has 1 aliphatic rings. The summed E-state index contributed by atoms with van der Waals surface area (Å²) >= 11 is 0. The Morgan fingerprint density at radius 3 is 2.55 bits per heavy atom. The Labute approximate surface area is 118 Å². The minimum Gasteiger partial charge on any atom is -0.352 e. The molecule has 0 heterocycles. The topological polar surface area (TPSA) is 82.0 Å². The predicted octanol–water partition coefficient (Wildman–Crippen LogP) is 0.884. The molecule has 2 rings (SSSR count). The van der Waals surface area contributed by atoms with E-state index in [1.165, 1.54) is 0 Å². The SMILES string of the molecule is CC(NC(=O)Cc1ccc(C#N)cc1)C(=O)NC1CC1. The minimum atomic E-state index is -0.526. The summed E-state index contributed by atoms with van der Waals surface area (Å²) in [5.74, 6) is -0.339. The van der Waals surface area contributed by atoms with E-state index in [1.54, 1.807) is 31.2 Å². The fourth-order valence-corrected chi connectivity index (χ4v) is 1.79. The highest BCUT2D eigenvalue weighted by Crippen LogP contribution is 2.18. The van der Waals surface area contributed by atoms with Crippen molar-refractivity contribution in [2.24, 2.45) is 0 Å². The van der Waals surface area contributed by atoms with Crippen molar-refractivity contribution < 1.29 is 9.59 Å². The van der Waals surface area contributed by atoms with Gasteiger partial charge in [-0.15, -0.1) is 0 Å². The molecule has 0 saturated heterocycles. The summed E-state index contributed by atoms with van der Waals surface area (Å²) in [5.41, 5.74) is 1.38. The summed E-state index contributed by atoms with van der Waals surface area (Å²) in [4.78, 5) is 23.5. The number of hydrogen-bond donors (Lipinski definition) is 2. The number of amides is 2. The molecule has 2 N–H and O–H groups in total. The Hall–Kier alpha value is -2.35. The van der Waals surface area contributed by atoms with Crippen LogP contribution in [0, 0.1) is 11.3 Å². The molecular formula is C15H17N3O2. The molecule has 0 radical (unpaired) electrons. The fraction of sp³-hybridized carbons (Fsp3) is 0.400. The number of carbonyl (C=O) groups is 2. The lowest BCUT2D eigenvalue weighted by atomic mass is 10.1. The first-order valence-electron chi connectivity index (χ1n) is 6.67. The van der Waals surface area contributed by atoms with Crippen LogP contribution in [0.4, 0.5) is 0 Å². The van der Waals surface area contributed by atoms with Gasteiger partial charge in [0.2, 0.25) is 11.8 Å². The first kappa shape index (κ1) is 14.1.